The molecule has 0 aliphatic heterocycles. The van der Waals surface area contributed by atoms with Gasteiger partial charge in [0, 0.05) is 17.5 Å². The van der Waals surface area contributed by atoms with Gasteiger partial charge in [-0.3, -0.25) is 4.79 Å². The predicted molar refractivity (Wildman–Crippen MR) is 85.0 cm³/mol. The topological polar surface area (TPSA) is 68.3 Å². The van der Waals surface area contributed by atoms with Crippen LogP contribution in [0.3, 0.4) is 0 Å². The van der Waals surface area contributed by atoms with E-state index in [1.54, 1.807) is 0 Å². The maximum absolute atomic E-state index is 11.4. The molecule has 0 radical (unpaired) electrons. The number of amides is 1. The van der Waals surface area contributed by atoms with Crippen LogP contribution in [0.5, 0.6) is 0 Å². The number of rotatable bonds is 6. The van der Waals surface area contributed by atoms with Crippen LogP contribution in [0, 0.1) is 5.41 Å². The van der Waals surface area contributed by atoms with Crippen molar-refractivity contribution in [3.63, 3.8) is 0 Å². The molecule has 0 saturated carbocycles. The quantitative estimate of drug-likeness (QED) is 0.858. The van der Waals surface area contributed by atoms with E-state index in [2.05, 4.69) is 18.3 Å². The molecule has 0 fully saturated rings. The van der Waals surface area contributed by atoms with Crippen LogP contribution in [0.2, 0.25) is 0 Å². The van der Waals surface area contributed by atoms with Crippen LogP contribution in [-0.4, -0.2) is 12.5 Å². The number of hydrogen-bond donors (Lipinski definition) is 2. The van der Waals surface area contributed by atoms with E-state index in [0.29, 0.717) is 6.54 Å². The number of carbonyl (C=O) groups excluding carboxylic acids is 1. The van der Waals surface area contributed by atoms with Crippen molar-refractivity contribution >= 4 is 16.9 Å². The number of nitrogens with one attached hydrogen (secondary N) is 1. The molecular weight excluding hydrogens is 264 g/mol. The fraction of sp³-hybridized carbons (Fsp3) is 0.471. The number of benzene rings is 1. The van der Waals surface area contributed by atoms with Crippen molar-refractivity contribution in [3.05, 3.63) is 35.6 Å². The maximum atomic E-state index is 11.4. The van der Waals surface area contributed by atoms with Crippen molar-refractivity contribution in [2.24, 2.45) is 11.1 Å². The van der Waals surface area contributed by atoms with Crippen molar-refractivity contribution in [3.8, 4) is 0 Å². The second-order valence-corrected chi connectivity index (χ2v) is 6.15. The number of aryl methyl sites for hydroxylation is 1. The van der Waals surface area contributed by atoms with Gasteiger partial charge in [0.15, 0.2) is 0 Å². The molecule has 0 saturated heterocycles. The lowest BCUT2D eigenvalue weighted by Crippen LogP contribution is -2.41. The zero-order valence-electron chi connectivity index (χ0n) is 13.2. The predicted octanol–water partition coefficient (Wildman–Crippen LogP) is 3.16. The highest BCUT2D eigenvalue weighted by atomic mass is 16.3. The lowest BCUT2D eigenvalue weighted by Gasteiger charge is -2.23. The zero-order chi connectivity index (χ0) is 15.6. The van der Waals surface area contributed by atoms with Crippen molar-refractivity contribution in [1.82, 2.24) is 5.32 Å². The summed E-state index contributed by atoms with van der Waals surface area (Å²) in [4.78, 5) is 11.4. The molecular formula is C17H24N2O2. The van der Waals surface area contributed by atoms with Gasteiger partial charge in [0.2, 0.25) is 5.91 Å². The highest BCUT2D eigenvalue weighted by molar-refractivity contribution is 5.82. The van der Waals surface area contributed by atoms with Crippen molar-refractivity contribution in [2.75, 3.05) is 6.54 Å². The van der Waals surface area contributed by atoms with Crippen LogP contribution in [-0.2, 0) is 11.2 Å². The Hall–Kier alpha value is -1.81. The number of fused-ring (bicyclic) bond motifs is 1. The van der Waals surface area contributed by atoms with Gasteiger partial charge in [-0.25, -0.2) is 0 Å². The van der Waals surface area contributed by atoms with E-state index in [-0.39, 0.29) is 11.9 Å². The van der Waals surface area contributed by atoms with Gasteiger partial charge in [0.1, 0.15) is 11.3 Å². The van der Waals surface area contributed by atoms with Crippen LogP contribution in [0.25, 0.3) is 11.0 Å². The fourth-order valence-corrected chi connectivity index (χ4v) is 2.42. The number of furan rings is 1. The maximum Gasteiger partial charge on any atom is 0.224 e. The molecule has 0 aliphatic rings. The molecule has 0 aliphatic carbocycles. The second kappa shape index (κ2) is 5.90. The average molecular weight is 288 g/mol. The molecule has 4 heteroatoms. The van der Waals surface area contributed by atoms with E-state index in [1.807, 2.05) is 39.0 Å². The smallest absolute Gasteiger partial charge is 0.224 e. The molecule has 1 aromatic carbocycles. The standard InChI is InChI=1S/C17H24N2O2/c1-5-12-13-8-6-7-9-14(13)21-15(12)11(2)19-10-17(3,4)16(18)20/h6-9,11,19H,5,10H2,1-4H3,(H2,18,20). The summed E-state index contributed by atoms with van der Waals surface area (Å²) in [6, 6.07) is 8.10. The first-order valence-corrected chi connectivity index (χ1v) is 7.40. The molecule has 1 heterocycles. The number of para-hydroxylation sites is 1. The molecule has 1 unspecified atom stereocenters. The van der Waals surface area contributed by atoms with E-state index in [9.17, 15) is 4.79 Å². The van der Waals surface area contributed by atoms with Gasteiger partial charge in [0.05, 0.1) is 11.5 Å². The highest BCUT2D eigenvalue weighted by Crippen LogP contribution is 2.30. The summed E-state index contributed by atoms with van der Waals surface area (Å²) in [5.74, 6) is 0.640. The number of primary amides is 1. The van der Waals surface area contributed by atoms with Crippen LogP contribution >= 0.6 is 0 Å². The lowest BCUT2D eigenvalue weighted by molar-refractivity contribution is -0.125. The number of nitrogens with two attached hydrogens (primary N) is 1. The van der Waals surface area contributed by atoms with E-state index >= 15 is 0 Å². The fourth-order valence-electron chi connectivity index (χ4n) is 2.42. The molecule has 1 atom stereocenters. The molecule has 1 aromatic heterocycles. The molecule has 3 N–H and O–H groups in total. The third-order valence-corrected chi connectivity index (χ3v) is 3.99. The largest absolute Gasteiger partial charge is 0.459 e. The van der Waals surface area contributed by atoms with E-state index in [1.165, 1.54) is 5.56 Å². The molecule has 21 heavy (non-hydrogen) atoms. The number of carbonyl (C=O) groups is 1. The minimum atomic E-state index is -0.577. The molecule has 114 valence electrons. The zero-order valence-corrected chi connectivity index (χ0v) is 13.2. The summed E-state index contributed by atoms with van der Waals surface area (Å²) in [6.07, 6.45) is 0.914. The van der Waals surface area contributed by atoms with Gasteiger partial charge >= 0.3 is 0 Å². The van der Waals surface area contributed by atoms with Gasteiger partial charge in [-0.1, -0.05) is 25.1 Å². The minimum Gasteiger partial charge on any atom is -0.459 e. The highest BCUT2D eigenvalue weighted by Gasteiger charge is 2.26. The summed E-state index contributed by atoms with van der Waals surface area (Å²) in [6.45, 7) is 8.38. The summed E-state index contributed by atoms with van der Waals surface area (Å²) in [5, 5.41) is 4.53. The Labute approximate surface area is 125 Å². The third kappa shape index (κ3) is 3.10. The minimum absolute atomic E-state index is 0.0333. The van der Waals surface area contributed by atoms with Crippen molar-refractivity contribution in [1.29, 1.82) is 0 Å². The Balaban J connectivity index is 2.23. The Morgan fingerprint density at radius 1 is 1.38 bits per heavy atom. The molecule has 1 amide bonds. The summed E-state index contributed by atoms with van der Waals surface area (Å²) >= 11 is 0. The molecule has 2 aromatic rings. The molecule has 0 spiro atoms. The van der Waals surface area contributed by atoms with E-state index < -0.39 is 5.41 Å². The van der Waals surface area contributed by atoms with E-state index in [0.717, 1.165) is 23.2 Å². The number of hydrogen-bond acceptors (Lipinski definition) is 3. The SMILES string of the molecule is CCc1c(C(C)NCC(C)(C)C(N)=O)oc2ccccc12. The van der Waals surface area contributed by atoms with Gasteiger partial charge < -0.3 is 15.5 Å². The first-order chi connectivity index (χ1) is 9.86. The Bertz CT molecular complexity index is 643. The normalized spacial score (nSPS) is 13.5. The van der Waals surface area contributed by atoms with Crippen LogP contribution in [0.15, 0.2) is 28.7 Å². The summed E-state index contributed by atoms with van der Waals surface area (Å²) < 4.78 is 6.00. The van der Waals surface area contributed by atoms with Crippen LogP contribution < -0.4 is 11.1 Å². The van der Waals surface area contributed by atoms with Crippen molar-refractivity contribution < 1.29 is 9.21 Å². The third-order valence-electron chi connectivity index (χ3n) is 3.99. The summed E-state index contributed by atoms with van der Waals surface area (Å²) in [7, 11) is 0. The van der Waals surface area contributed by atoms with Gasteiger partial charge in [-0.05, 0) is 33.3 Å². The molecule has 4 nitrogen and oxygen atoms in total. The van der Waals surface area contributed by atoms with Gasteiger partial charge in [-0.15, -0.1) is 0 Å². The monoisotopic (exact) mass is 288 g/mol. The lowest BCUT2D eigenvalue weighted by atomic mass is 9.92. The van der Waals surface area contributed by atoms with Gasteiger partial charge in [-0.2, -0.15) is 0 Å². The Kier molecular flexibility index (Phi) is 4.37. The Morgan fingerprint density at radius 3 is 2.67 bits per heavy atom. The molecule has 0 bridgehead atoms. The van der Waals surface area contributed by atoms with Crippen LogP contribution in [0.4, 0.5) is 0 Å². The van der Waals surface area contributed by atoms with Crippen LogP contribution in [0.1, 0.15) is 45.1 Å². The first kappa shape index (κ1) is 15.6. The van der Waals surface area contributed by atoms with E-state index in [4.69, 9.17) is 10.2 Å². The molecule has 2 rings (SSSR count). The Morgan fingerprint density at radius 2 is 2.05 bits per heavy atom. The van der Waals surface area contributed by atoms with Gasteiger partial charge in [0.25, 0.3) is 0 Å². The average Bonchev–Trinajstić information content (AvgIpc) is 2.83. The second-order valence-electron chi connectivity index (χ2n) is 6.15. The van der Waals surface area contributed by atoms with Crippen molar-refractivity contribution in [2.45, 2.75) is 40.2 Å². The summed E-state index contributed by atoms with van der Waals surface area (Å²) in [5.41, 5.74) is 6.97. The first-order valence-electron chi connectivity index (χ1n) is 7.40.